The number of piperidine rings is 1. The molecule has 3 aliphatic rings. The molecule has 0 aromatic carbocycles. The van der Waals surface area contributed by atoms with Crippen LogP contribution in [0.3, 0.4) is 0 Å². The largest absolute Gasteiger partial charge is 0.466 e. The van der Waals surface area contributed by atoms with E-state index < -0.39 is 5.60 Å². The predicted molar refractivity (Wildman–Crippen MR) is 73.5 cm³/mol. The number of esters is 1. The summed E-state index contributed by atoms with van der Waals surface area (Å²) in [7, 11) is 1.37. The zero-order valence-electron chi connectivity index (χ0n) is 12.6. The van der Waals surface area contributed by atoms with E-state index in [1.165, 1.54) is 7.11 Å². The van der Waals surface area contributed by atoms with E-state index in [-0.39, 0.29) is 36.0 Å². The van der Waals surface area contributed by atoms with Crippen LogP contribution in [0.15, 0.2) is 12.2 Å². The smallest absolute Gasteiger partial charge is 0.409 e. The highest BCUT2D eigenvalue weighted by Gasteiger charge is 2.62. The minimum Gasteiger partial charge on any atom is -0.466 e. The lowest BCUT2D eigenvalue weighted by molar-refractivity contribution is -0.150. The van der Waals surface area contributed by atoms with Gasteiger partial charge in [0.05, 0.1) is 31.3 Å². The lowest BCUT2D eigenvalue weighted by atomic mass is 9.70. The quantitative estimate of drug-likeness (QED) is 0.568. The molecule has 6 heteroatoms. The molecule has 2 saturated heterocycles. The number of nitrogens with zero attached hydrogens (tertiary/aromatic N) is 1. The Balaban J connectivity index is 1.87. The minimum absolute atomic E-state index is 0.0121. The highest BCUT2D eigenvalue weighted by molar-refractivity contribution is 5.76. The average molecular weight is 295 g/mol. The molecule has 0 unspecified atom stereocenters. The van der Waals surface area contributed by atoms with Gasteiger partial charge in [0, 0.05) is 24.9 Å². The summed E-state index contributed by atoms with van der Waals surface area (Å²) < 4.78 is 16.1. The Labute approximate surface area is 124 Å². The fraction of sp³-hybridized carbons (Fsp3) is 0.733. The van der Waals surface area contributed by atoms with Crippen molar-refractivity contribution in [1.29, 1.82) is 0 Å². The van der Waals surface area contributed by atoms with Gasteiger partial charge in [0.25, 0.3) is 0 Å². The van der Waals surface area contributed by atoms with Crippen molar-refractivity contribution in [2.45, 2.75) is 38.0 Å². The number of hydrogen-bond donors (Lipinski definition) is 0. The third kappa shape index (κ3) is 2.04. The van der Waals surface area contributed by atoms with Crippen molar-refractivity contribution in [3.05, 3.63) is 12.2 Å². The van der Waals surface area contributed by atoms with E-state index >= 15 is 0 Å². The number of likely N-dealkylation sites (tertiary alicyclic amines) is 1. The molecular weight excluding hydrogens is 274 g/mol. The van der Waals surface area contributed by atoms with Crippen LogP contribution in [0.4, 0.5) is 4.79 Å². The van der Waals surface area contributed by atoms with Gasteiger partial charge in [-0.25, -0.2) is 4.79 Å². The second-order valence-electron chi connectivity index (χ2n) is 5.96. The maximum atomic E-state index is 12.2. The van der Waals surface area contributed by atoms with Crippen LogP contribution in [0.1, 0.15) is 20.3 Å². The Kier molecular flexibility index (Phi) is 3.43. The van der Waals surface area contributed by atoms with Crippen LogP contribution in [0.25, 0.3) is 0 Å². The van der Waals surface area contributed by atoms with Crippen molar-refractivity contribution in [2.24, 2.45) is 11.8 Å². The Morgan fingerprint density at radius 3 is 2.90 bits per heavy atom. The summed E-state index contributed by atoms with van der Waals surface area (Å²) in [4.78, 5) is 25.8. The van der Waals surface area contributed by atoms with E-state index in [1.54, 1.807) is 11.8 Å². The van der Waals surface area contributed by atoms with E-state index in [0.29, 0.717) is 19.6 Å². The molecule has 3 aliphatic heterocycles. The van der Waals surface area contributed by atoms with Crippen LogP contribution in [0, 0.1) is 11.8 Å². The number of fused-ring (bicyclic) bond motifs is 1. The first-order valence-electron chi connectivity index (χ1n) is 7.41. The molecule has 2 bridgehead atoms. The zero-order valence-corrected chi connectivity index (χ0v) is 12.6. The fourth-order valence-corrected chi connectivity index (χ4v) is 3.93. The van der Waals surface area contributed by atoms with Crippen LogP contribution < -0.4 is 0 Å². The molecule has 6 nitrogen and oxygen atoms in total. The summed E-state index contributed by atoms with van der Waals surface area (Å²) in [5.41, 5.74) is -0.438. The lowest BCUT2D eigenvalue weighted by Crippen LogP contribution is -2.57. The molecular formula is C15H21NO5. The summed E-state index contributed by atoms with van der Waals surface area (Å²) >= 11 is 0. The summed E-state index contributed by atoms with van der Waals surface area (Å²) in [5, 5.41) is 0. The summed E-state index contributed by atoms with van der Waals surface area (Å²) in [6.45, 7) is 4.58. The van der Waals surface area contributed by atoms with E-state index in [0.717, 1.165) is 0 Å². The summed E-state index contributed by atoms with van der Waals surface area (Å²) in [6, 6.07) is 0.0121. The van der Waals surface area contributed by atoms with Crippen molar-refractivity contribution >= 4 is 12.1 Å². The molecule has 3 rings (SSSR count). The molecule has 21 heavy (non-hydrogen) atoms. The molecule has 0 saturated carbocycles. The van der Waals surface area contributed by atoms with Gasteiger partial charge < -0.3 is 19.1 Å². The monoisotopic (exact) mass is 295 g/mol. The van der Waals surface area contributed by atoms with Gasteiger partial charge in [0.15, 0.2) is 0 Å². The second kappa shape index (κ2) is 5.02. The van der Waals surface area contributed by atoms with Crippen LogP contribution in [-0.2, 0) is 19.0 Å². The number of amides is 1. The number of carbonyl (C=O) groups excluding carboxylic acids is 2. The SMILES string of the molecule is CCOC(=O)[C@@H]1[C@@H]2C=C[C@@]3(C[C@H](C)N(C(=O)OC)C[C@@H]13)O2. The molecule has 5 atom stereocenters. The van der Waals surface area contributed by atoms with Gasteiger partial charge in [-0.15, -0.1) is 0 Å². The van der Waals surface area contributed by atoms with Gasteiger partial charge >= 0.3 is 12.1 Å². The molecule has 0 aromatic rings. The molecule has 1 amide bonds. The molecule has 116 valence electrons. The molecule has 0 aliphatic carbocycles. The highest BCUT2D eigenvalue weighted by atomic mass is 16.6. The number of methoxy groups -OCH3 is 1. The van der Waals surface area contributed by atoms with Crippen LogP contribution >= 0.6 is 0 Å². The first kappa shape index (κ1) is 14.4. The van der Waals surface area contributed by atoms with Crippen LogP contribution in [-0.4, -0.2) is 55.0 Å². The van der Waals surface area contributed by atoms with E-state index in [9.17, 15) is 9.59 Å². The van der Waals surface area contributed by atoms with Crippen molar-refractivity contribution < 1.29 is 23.8 Å². The molecule has 0 N–H and O–H groups in total. The van der Waals surface area contributed by atoms with E-state index in [4.69, 9.17) is 14.2 Å². The normalized spacial score (nSPS) is 40.0. The van der Waals surface area contributed by atoms with Crippen molar-refractivity contribution in [3.8, 4) is 0 Å². The predicted octanol–water partition coefficient (Wildman–Crippen LogP) is 1.35. The third-order valence-electron chi connectivity index (χ3n) is 4.85. The van der Waals surface area contributed by atoms with E-state index in [1.807, 2.05) is 13.0 Å². The van der Waals surface area contributed by atoms with Crippen molar-refractivity contribution in [3.63, 3.8) is 0 Å². The van der Waals surface area contributed by atoms with Crippen LogP contribution in [0.5, 0.6) is 0 Å². The van der Waals surface area contributed by atoms with Gasteiger partial charge in [-0.2, -0.15) is 0 Å². The molecule has 2 fully saturated rings. The first-order chi connectivity index (χ1) is 10.0. The maximum absolute atomic E-state index is 12.2. The summed E-state index contributed by atoms with van der Waals surface area (Å²) in [6.07, 6.45) is 4.10. The van der Waals surface area contributed by atoms with E-state index in [2.05, 4.69) is 6.08 Å². The average Bonchev–Trinajstić information content (AvgIpc) is 2.99. The number of hydrogen-bond acceptors (Lipinski definition) is 5. The van der Waals surface area contributed by atoms with Crippen LogP contribution in [0.2, 0.25) is 0 Å². The fourth-order valence-electron chi connectivity index (χ4n) is 3.93. The lowest BCUT2D eigenvalue weighted by Gasteiger charge is -2.45. The maximum Gasteiger partial charge on any atom is 0.409 e. The number of ether oxygens (including phenoxy) is 3. The minimum atomic E-state index is -0.438. The van der Waals surface area contributed by atoms with Crippen molar-refractivity contribution in [1.82, 2.24) is 4.90 Å². The highest BCUT2D eigenvalue weighted by Crippen LogP contribution is 2.52. The number of carbonyl (C=O) groups is 2. The Morgan fingerprint density at radius 2 is 2.24 bits per heavy atom. The standard InChI is InChI=1S/C15H21NO5/c1-4-20-13(17)12-10-8-16(14(18)19-3)9(2)7-15(10)6-5-11(12)21-15/h5-6,9-12H,4,7-8H2,1-3H3/t9-,10-,11-,12-,15-/m0/s1. The van der Waals surface area contributed by atoms with Gasteiger partial charge in [-0.05, 0) is 13.8 Å². The molecule has 3 heterocycles. The number of rotatable bonds is 2. The van der Waals surface area contributed by atoms with Gasteiger partial charge in [-0.3, -0.25) is 4.79 Å². The molecule has 0 aromatic heterocycles. The molecule has 1 spiro atoms. The van der Waals surface area contributed by atoms with Crippen molar-refractivity contribution in [2.75, 3.05) is 20.3 Å². The second-order valence-corrected chi connectivity index (χ2v) is 5.96. The molecule has 0 radical (unpaired) electrons. The Bertz CT molecular complexity index is 490. The van der Waals surface area contributed by atoms with Gasteiger partial charge in [0.1, 0.15) is 0 Å². The Morgan fingerprint density at radius 1 is 1.48 bits per heavy atom. The van der Waals surface area contributed by atoms with Gasteiger partial charge in [0.2, 0.25) is 0 Å². The van der Waals surface area contributed by atoms with Gasteiger partial charge in [-0.1, -0.05) is 12.2 Å². The Hall–Kier alpha value is -1.56. The topological polar surface area (TPSA) is 65.1 Å². The first-order valence-corrected chi connectivity index (χ1v) is 7.41. The zero-order chi connectivity index (χ0) is 15.2. The third-order valence-corrected chi connectivity index (χ3v) is 4.85. The summed E-state index contributed by atoms with van der Waals surface area (Å²) in [5.74, 6) is -0.644.